The molecule has 0 unspecified atom stereocenters. The molecule has 1 N–H and O–H groups in total. The second-order valence-electron chi connectivity index (χ2n) is 5.20. The molecule has 0 atom stereocenters. The predicted octanol–water partition coefficient (Wildman–Crippen LogP) is 0.651. The van der Waals surface area contributed by atoms with Crippen LogP contribution in [0.1, 0.15) is 27.2 Å². The van der Waals surface area contributed by atoms with Crippen molar-refractivity contribution < 1.29 is 14.7 Å². The Morgan fingerprint density at radius 2 is 1.71 bits per heavy atom. The Kier molecular flexibility index (Phi) is 4.51. The molecule has 1 amide bonds. The molecule has 1 saturated heterocycles. The highest BCUT2D eigenvalue weighted by Crippen LogP contribution is 2.23. The number of aliphatic carboxylic acids is 1. The Hall–Kier alpha value is -1.10. The minimum absolute atomic E-state index is 0.0687. The van der Waals surface area contributed by atoms with Crippen molar-refractivity contribution in [2.45, 2.75) is 27.2 Å². The van der Waals surface area contributed by atoms with E-state index in [2.05, 4.69) is 0 Å². The summed E-state index contributed by atoms with van der Waals surface area (Å²) in [5.41, 5.74) is -0.311. The molecule has 0 aromatic heterocycles. The van der Waals surface area contributed by atoms with Gasteiger partial charge in [-0.3, -0.25) is 14.5 Å². The summed E-state index contributed by atoms with van der Waals surface area (Å²) in [7, 11) is 0. The zero-order valence-electron chi connectivity index (χ0n) is 10.9. The number of piperazine rings is 1. The molecule has 17 heavy (non-hydrogen) atoms. The third-order valence-electron chi connectivity index (χ3n) is 3.48. The van der Waals surface area contributed by atoms with Gasteiger partial charge in [-0.05, 0) is 6.42 Å². The van der Waals surface area contributed by atoms with Gasteiger partial charge in [0.05, 0.1) is 6.54 Å². The average molecular weight is 242 g/mol. The summed E-state index contributed by atoms with van der Waals surface area (Å²) >= 11 is 0. The second-order valence-corrected chi connectivity index (χ2v) is 5.20. The van der Waals surface area contributed by atoms with Crippen LogP contribution in [0.5, 0.6) is 0 Å². The largest absolute Gasteiger partial charge is 0.480 e. The van der Waals surface area contributed by atoms with E-state index in [1.165, 1.54) is 0 Å². The zero-order valence-corrected chi connectivity index (χ0v) is 10.9. The average Bonchev–Trinajstić information content (AvgIpc) is 2.28. The summed E-state index contributed by atoms with van der Waals surface area (Å²) in [6, 6.07) is 0. The van der Waals surface area contributed by atoms with Crippen molar-refractivity contribution >= 4 is 11.9 Å². The molecule has 1 fully saturated rings. The number of hydrogen-bond donors (Lipinski definition) is 1. The lowest BCUT2D eigenvalue weighted by molar-refractivity contribution is -0.143. The fraction of sp³-hybridized carbons (Fsp3) is 0.833. The minimum atomic E-state index is -0.807. The molecule has 5 heteroatoms. The number of carboxylic acids is 1. The van der Waals surface area contributed by atoms with Crippen LogP contribution >= 0.6 is 0 Å². The fourth-order valence-corrected chi connectivity index (χ4v) is 1.88. The highest BCUT2D eigenvalue weighted by molar-refractivity contribution is 5.82. The Morgan fingerprint density at radius 3 is 2.12 bits per heavy atom. The van der Waals surface area contributed by atoms with Gasteiger partial charge < -0.3 is 10.0 Å². The maximum Gasteiger partial charge on any atom is 0.317 e. The third-order valence-corrected chi connectivity index (χ3v) is 3.48. The fourth-order valence-electron chi connectivity index (χ4n) is 1.88. The molecule has 98 valence electrons. The van der Waals surface area contributed by atoms with Crippen LogP contribution in [0.2, 0.25) is 0 Å². The van der Waals surface area contributed by atoms with Gasteiger partial charge in [-0.1, -0.05) is 20.8 Å². The highest BCUT2D eigenvalue weighted by Gasteiger charge is 2.32. The molecular weight excluding hydrogens is 220 g/mol. The Bertz CT molecular complexity index is 294. The summed E-state index contributed by atoms with van der Waals surface area (Å²) < 4.78 is 0. The van der Waals surface area contributed by atoms with Gasteiger partial charge in [0.15, 0.2) is 0 Å². The van der Waals surface area contributed by atoms with Crippen LogP contribution in [-0.2, 0) is 9.59 Å². The second kappa shape index (κ2) is 5.49. The van der Waals surface area contributed by atoms with E-state index in [9.17, 15) is 9.59 Å². The van der Waals surface area contributed by atoms with Gasteiger partial charge in [-0.2, -0.15) is 0 Å². The molecule has 1 heterocycles. The first kappa shape index (κ1) is 14.0. The molecule has 0 spiro atoms. The summed E-state index contributed by atoms with van der Waals surface area (Å²) in [5.74, 6) is -0.631. The predicted molar refractivity (Wildman–Crippen MR) is 64.7 cm³/mol. The number of amides is 1. The van der Waals surface area contributed by atoms with E-state index in [1.54, 1.807) is 0 Å². The lowest BCUT2D eigenvalue weighted by atomic mass is 9.88. The summed E-state index contributed by atoms with van der Waals surface area (Å²) in [4.78, 5) is 26.5. The van der Waals surface area contributed by atoms with Crippen LogP contribution in [0.3, 0.4) is 0 Å². The topological polar surface area (TPSA) is 60.9 Å². The van der Waals surface area contributed by atoms with Crippen molar-refractivity contribution in [2.24, 2.45) is 5.41 Å². The molecule has 1 aliphatic heterocycles. The van der Waals surface area contributed by atoms with Crippen LogP contribution in [0.4, 0.5) is 0 Å². The summed E-state index contributed by atoms with van der Waals surface area (Å²) in [5, 5.41) is 8.69. The van der Waals surface area contributed by atoms with E-state index in [4.69, 9.17) is 5.11 Å². The lowest BCUT2D eigenvalue weighted by Crippen LogP contribution is -2.52. The maximum atomic E-state index is 12.2. The number of carbonyl (C=O) groups excluding carboxylic acids is 1. The van der Waals surface area contributed by atoms with E-state index in [1.807, 2.05) is 30.6 Å². The first-order valence-electron chi connectivity index (χ1n) is 6.10. The first-order chi connectivity index (χ1) is 7.86. The van der Waals surface area contributed by atoms with Crippen LogP contribution < -0.4 is 0 Å². The number of carbonyl (C=O) groups is 2. The maximum absolute atomic E-state index is 12.2. The number of carboxylic acid groups (broad SMARTS) is 1. The van der Waals surface area contributed by atoms with Gasteiger partial charge in [0, 0.05) is 31.6 Å². The van der Waals surface area contributed by atoms with Gasteiger partial charge in [0.1, 0.15) is 0 Å². The SMILES string of the molecule is CCC(C)(C)C(=O)N1CCN(CC(=O)O)CC1. The zero-order chi connectivity index (χ0) is 13.1. The highest BCUT2D eigenvalue weighted by atomic mass is 16.4. The third kappa shape index (κ3) is 3.70. The van der Waals surface area contributed by atoms with Crippen molar-refractivity contribution in [3.63, 3.8) is 0 Å². The molecule has 5 nitrogen and oxygen atoms in total. The van der Waals surface area contributed by atoms with Gasteiger partial charge in [-0.25, -0.2) is 0 Å². The molecule has 0 aliphatic carbocycles. The van der Waals surface area contributed by atoms with Crippen LogP contribution in [0.15, 0.2) is 0 Å². The Morgan fingerprint density at radius 1 is 1.18 bits per heavy atom. The number of rotatable bonds is 4. The van der Waals surface area contributed by atoms with E-state index in [-0.39, 0.29) is 17.9 Å². The molecule has 0 saturated carbocycles. The van der Waals surface area contributed by atoms with Crippen molar-refractivity contribution in [3.05, 3.63) is 0 Å². The molecular formula is C12H22N2O3. The van der Waals surface area contributed by atoms with E-state index < -0.39 is 5.97 Å². The normalized spacial score (nSPS) is 18.2. The van der Waals surface area contributed by atoms with E-state index >= 15 is 0 Å². The van der Waals surface area contributed by atoms with Crippen molar-refractivity contribution in [1.82, 2.24) is 9.80 Å². The van der Waals surface area contributed by atoms with E-state index in [0.717, 1.165) is 6.42 Å². The lowest BCUT2D eigenvalue weighted by Gasteiger charge is -2.37. The summed E-state index contributed by atoms with van der Waals surface area (Å²) in [6.45, 7) is 8.57. The Balaban J connectivity index is 2.47. The molecule has 0 aromatic rings. The molecule has 0 radical (unpaired) electrons. The first-order valence-corrected chi connectivity index (χ1v) is 6.10. The molecule has 0 bridgehead atoms. The van der Waals surface area contributed by atoms with Gasteiger partial charge >= 0.3 is 5.97 Å². The van der Waals surface area contributed by atoms with Crippen molar-refractivity contribution in [1.29, 1.82) is 0 Å². The number of nitrogens with zero attached hydrogens (tertiary/aromatic N) is 2. The van der Waals surface area contributed by atoms with Crippen molar-refractivity contribution in [2.75, 3.05) is 32.7 Å². The molecule has 1 rings (SSSR count). The van der Waals surface area contributed by atoms with Gasteiger partial charge in [0.2, 0.25) is 5.91 Å². The minimum Gasteiger partial charge on any atom is -0.480 e. The quantitative estimate of drug-likeness (QED) is 0.786. The number of hydrogen-bond acceptors (Lipinski definition) is 3. The summed E-state index contributed by atoms with van der Waals surface area (Å²) in [6.07, 6.45) is 0.821. The monoisotopic (exact) mass is 242 g/mol. The van der Waals surface area contributed by atoms with Gasteiger partial charge in [0.25, 0.3) is 0 Å². The van der Waals surface area contributed by atoms with Crippen LogP contribution in [0, 0.1) is 5.41 Å². The smallest absolute Gasteiger partial charge is 0.317 e. The molecule has 0 aromatic carbocycles. The van der Waals surface area contributed by atoms with Gasteiger partial charge in [-0.15, -0.1) is 0 Å². The molecule has 1 aliphatic rings. The standard InChI is InChI=1S/C12H22N2O3/c1-4-12(2,3)11(17)14-7-5-13(6-8-14)9-10(15)16/h4-9H2,1-3H3,(H,15,16). The van der Waals surface area contributed by atoms with Crippen molar-refractivity contribution in [3.8, 4) is 0 Å². The van der Waals surface area contributed by atoms with Crippen LogP contribution in [-0.4, -0.2) is 59.5 Å². The van der Waals surface area contributed by atoms with Crippen LogP contribution in [0.25, 0.3) is 0 Å². The van der Waals surface area contributed by atoms with E-state index in [0.29, 0.717) is 26.2 Å². The Labute approximate surface area is 102 Å².